The van der Waals surface area contributed by atoms with Crippen LogP contribution < -0.4 is 20.1 Å². The molecule has 7 heteroatoms. The Morgan fingerprint density at radius 2 is 1.96 bits per heavy atom. The minimum atomic E-state index is 0. The highest BCUT2D eigenvalue weighted by Gasteiger charge is 2.06. The van der Waals surface area contributed by atoms with Gasteiger partial charge >= 0.3 is 0 Å². The maximum absolute atomic E-state index is 5.39. The fourth-order valence-electron chi connectivity index (χ4n) is 1.92. The lowest BCUT2D eigenvalue weighted by molar-refractivity contribution is 0.357. The molecule has 0 spiro atoms. The summed E-state index contributed by atoms with van der Waals surface area (Å²) in [6, 6.07) is 5.79. The van der Waals surface area contributed by atoms with E-state index in [2.05, 4.69) is 34.5 Å². The molecule has 0 radical (unpaired) electrons. The topological polar surface area (TPSA) is 58.1 Å². The van der Waals surface area contributed by atoms with E-state index >= 15 is 0 Å². The van der Waals surface area contributed by atoms with Crippen LogP contribution in [0.25, 0.3) is 0 Å². The number of hydrogen-bond acceptors (Lipinski definition) is 4. The second-order valence-corrected chi connectivity index (χ2v) is 4.93. The van der Waals surface area contributed by atoms with Crippen LogP contribution in [0.15, 0.2) is 23.2 Å². The third-order valence-corrected chi connectivity index (χ3v) is 3.49. The third kappa shape index (κ3) is 7.74. The minimum absolute atomic E-state index is 0. The Labute approximate surface area is 156 Å². The van der Waals surface area contributed by atoms with Crippen LogP contribution in [0.5, 0.6) is 11.5 Å². The van der Waals surface area contributed by atoms with Crippen LogP contribution in [0.1, 0.15) is 12.5 Å². The Bertz CT molecular complexity index is 483. The molecular formula is C16H29IN4O2. The molecule has 2 N–H and O–H groups in total. The van der Waals surface area contributed by atoms with E-state index < -0.39 is 0 Å². The van der Waals surface area contributed by atoms with Crippen molar-refractivity contribution in [3.8, 4) is 11.5 Å². The molecule has 1 aromatic rings. The zero-order chi connectivity index (χ0) is 16.4. The highest BCUT2D eigenvalue weighted by molar-refractivity contribution is 14.0. The van der Waals surface area contributed by atoms with Crippen molar-refractivity contribution >= 4 is 29.9 Å². The quantitative estimate of drug-likeness (QED) is 0.371. The summed E-state index contributed by atoms with van der Waals surface area (Å²) in [5.74, 6) is 2.36. The third-order valence-electron chi connectivity index (χ3n) is 3.49. The van der Waals surface area contributed by atoms with E-state index in [9.17, 15) is 0 Å². The predicted octanol–water partition coefficient (Wildman–Crippen LogP) is 1.94. The first kappa shape index (κ1) is 21.8. The van der Waals surface area contributed by atoms with Crippen LogP contribution in [0.3, 0.4) is 0 Å². The largest absolute Gasteiger partial charge is 0.497 e. The Kier molecular flexibility index (Phi) is 11.6. The first-order valence-corrected chi connectivity index (χ1v) is 7.48. The van der Waals surface area contributed by atoms with Gasteiger partial charge in [0.2, 0.25) is 0 Å². The van der Waals surface area contributed by atoms with Gasteiger partial charge in [-0.25, -0.2) is 0 Å². The number of likely N-dealkylation sites (N-methyl/N-ethyl adjacent to an activating group) is 1. The zero-order valence-corrected chi connectivity index (χ0v) is 17.0. The Morgan fingerprint density at radius 1 is 1.22 bits per heavy atom. The van der Waals surface area contributed by atoms with Gasteiger partial charge in [0.1, 0.15) is 11.5 Å². The number of guanidine groups is 1. The highest BCUT2D eigenvalue weighted by Crippen LogP contribution is 2.24. The molecule has 0 atom stereocenters. The average Bonchev–Trinajstić information content (AvgIpc) is 2.57. The number of methoxy groups -OCH3 is 2. The van der Waals surface area contributed by atoms with E-state index in [1.54, 1.807) is 21.3 Å². The van der Waals surface area contributed by atoms with Gasteiger partial charge in [-0.15, -0.1) is 24.0 Å². The van der Waals surface area contributed by atoms with Gasteiger partial charge in [0.15, 0.2) is 5.96 Å². The van der Waals surface area contributed by atoms with Gasteiger partial charge < -0.3 is 25.0 Å². The molecule has 0 heterocycles. The zero-order valence-electron chi connectivity index (χ0n) is 14.7. The SMILES string of the molecule is CCN(C)CCNC(=NC)NCc1ccc(OC)cc1OC.I. The van der Waals surface area contributed by atoms with Gasteiger partial charge in [-0.05, 0) is 25.7 Å². The van der Waals surface area contributed by atoms with Gasteiger partial charge in [-0.3, -0.25) is 4.99 Å². The summed E-state index contributed by atoms with van der Waals surface area (Å²) in [5.41, 5.74) is 1.05. The van der Waals surface area contributed by atoms with Crippen LogP contribution in [0.4, 0.5) is 0 Å². The Morgan fingerprint density at radius 3 is 2.52 bits per heavy atom. The molecular weight excluding hydrogens is 407 g/mol. The molecule has 23 heavy (non-hydrogen) atoms. The van der Waals surface area contributed by atoms with E-state index in [4.69, 9.17) is 9.47 Å². The maximum Gasteiger partial charge on any atom is 0.191 e. The molecule has 0 saturated carbocycles. The van der Waals surface area contributed by atoms with Crippen LogP contribution in [-0.2, 0) is 6.54 Å². The van der Waals surface area contributed by atoms with Crippen LogP contribution in [0.2, 0.25) is 0 Å². The number of hydrogen-bond donors (Lipinski definition) is 2. The Hall–Kier alpha value is -1.22. The van der Waals surface area contributed by atoms with Crippen LogP contribution in [-0.4, -0.2) is 58.8 Å². The highest BCUT2D eigenvalue weighted by atomic mass is 127. The van der Waals surface area contributed by atoms with E-state index in [0.29, 0.717) is 6.54 Å². The summed E-state index contributed by atoms with van der Waals surface area (Å²) >= 11 is 0. The van der Waals surface area contributed by atoms with Gasteiger partial charge in [0.25, 0.3) is 0 Å². The molecule has 0 aliphatic carbocycles. The smallest absolute Gasteiger partial charge is 0.191 e. The number of rotatable bonds is 8. The standard InChI is InChI=1S/C16H28N4O2.HI/c1-6-20(3)10-9-18-16(17-2)19-12-13-7-8-14(21-4)11-15(13)22-5;/h7-8,11H,6,9-10,12H2,1-5H3,(H2,17,18,19);1H. The summed E-state index contributed by atoms with van der Waals surface area (Å²) in [4.78, 5) is 6.47. The van der Waals surface area contributed by atoms with E-state index in [1.165, 1.54) is 0 Å². The summed E-state index contributed by atoms with van der Waals surface area (Å²) in [6.45, 7) is 5.64. The summed E-state index contributed by atoms with van der Waals surface area (Å²) in [6.07, 6.45) is 0. The summed E-state index contributed by atoms with van der Waals surface area (Å²) < 4.78 is 10.6. The molecule has 0 unspecified atom stereocenters. The van der Waals surface area contributed by atoms with Crippen molar-refractivity contribution in [2.24, 2.45) is 4.99 Å². The molecule has 0 aliphatic heterocycles. The molecule has 132 valence electrons. The van der Waals surface area contributed by atoms with Crippen molar-refractivity contribution in [1.82, 2.24) is 15.5 Å². The van der Waals surface area contributed by atoms with E-state index in [0.717, 1.165) is 42.7 Å². The van der Waals surface area contributed by atoms with Crippen LogP contribution in [0, 0.1) is 0 Å². The van der Waals surface area contributed by atoms with Crippen molar-refractivity contribution in [2.45, 2.75) is 13.5 Å². The number of nitrogens with one attached hydrogen (secondary N) is 2. The van der Waals surface area contributed by atoms with Crippen molar-refractivity contribution in [1.29, 1.82) is 0 Å². The molecule has 0 aliphatic rings. The number of halogens is 1. The molecule has 1 rings (SSSR count). The predicted molar refractivity (Wildman–Crippen MR) is 106 cm³/mol. The monoisotopic (exact) mass is 436 g/mol. The lowest BCUT2D eigenvalue weighted by atomic mass is 10.2. The first-order chi connectivity index (χ1) is 10.6. The maximum atomic E-state index is 5.39. The van der Waals surface area contributed by atoms with E-state index in [1.807, 2.05) is 18.2 Å². The number of ether oxygens (including phenoxy) is 2. The lowest BCUT2D eigenvalue weighted by Gasteiger charge is -2.17. The van der Waals surface area contributed by atoms with E-state index in [-0.39, 0.29) is 24.0 Å². The molecule has 1 aromatic carbocycles. The summed E-state index contributed by atoms with van der Waals surface area (Å²) in [5, 5.41) is 6.59. The van der Waals surface area contributed by atoms with Gasteiger partial charge in [0, 0.05) is 38.3 Å². The second kappa shape index (κ2) is 12.2. The van der Waals surface area contributed by atoms with Gasteiger partial charge in [-0.1, -0.05) is 6.92 Å². The molecule has 0 fully saturated rings. The number of nitrogens with zero attached hydrogens (tertiary/aromatic N) is 2. The van der Waals surface area contributed by atoms with Crippen LogP contribution >= 0.6 is 24.0 Å². The fourth-order valence-corrected chi connectivity index (χ4v) is 1.92. The summed E-state index contributed by atoms with van der Waals surface area (Å²) in [7, 11) is 7.17. The molecule has 0 aromatic heterocycles. The first-order valence-electron chi connectivity index (χ1n) is 7.48. The average molecular weight is 436 g/mol. The molecule has 0 bridgehead atoms. The fraction of sp³-hybridized carbons (Fsp3) is 0.562. The van der Waals surface area contributed by atoms with Crippen molar-refractivity contribution in [3.63, 3.8) is 0 Å². The molecule has 6 nitrogen and oxygen atoms in total. The molecule has 0 amide bonds. The lowest BCUT2D eigenvalue weighted by Crippen LogP contribution is -2.40. The number of benzene rings is 1. The second-order valence-electron chi connectivity index (χ2n) is 4.93. The normalized spacial score (nSPS) is 11.0. The van der Waals surface area contributed by atoms with Crippen molar-refractivity contribution in [3.05, 3.63) is 23.8 Å². The minimum Gasteiger partial charge on any atom is -0.497 e. The number of aliphatic imine (C=N–C) groups is 1. The van der Waals surface area contributed by atoms with Gasteiger partial charge in [-0.2, -0.15) is 0 Å². The molecule has 0 saturated heterocycles. The Balaban J connectivity index is 0.00000484. The van der Waals surface area contributed by atoms with Crippen molar-refractivity contribution in [2.75, 3.05) is 47.9 Å². The van der Waals surface area contributed by atoms with Gasteiger partial charge in [0.05, 0.1) is 14.2 Å². The van der Waals surface area contributed by atoms with Crippen molar-refractivity contribution < 1.29 is 9.47 Å².